The average Bonchev–Trinajstić information content (AvgIpc) is 2.99. The number of nitrogens with zero attached hydrogens (tertiary/aromatic N) is 2. The van der Waals surface area contributed by atoms with Crippen LogP contribution < -0.4 is 5.32 Å². The van der Waals surface area contributed by atoms with Gasteiger partial charge in [0.15, 0.2) is 0 Å². The van der Waals surface area contributed by atoms with Gasteiger partial charge in [-0.25, -0.2) is 9.07 Å². The third-order valence-electron chi connectivity index (χ3n) is 4.58. The Kier molecular flexibility index (Phi) is 5.16. The maximum atomic E-state index is 13.1. The first-order valence-electron chi connectivity index (χ1n) is 8.60. The summed E-state index contributed by atoms with van der Waals surface area (Å²) in [5.41, 5.74) is 4.77. The van der Waals surface area contributed by atoms with E-state index in [4.69, 9.17) is 0 Å². The summed E-state index contributed by atoms with van der Waals surface area (Å²) < 4.78 is 14.9. The lowest BCUT2D eigenvalue weighted by molar-refractivity contribution is -0.121. The van der Waals surface area contributed by atoms with E-state index in [9.17, 15) is 9.18 Å². The number of rotatable bonds is 5. The van der Waals surface area contributed by atoms with Crippen LogP contribution in [0.2, 0.25) is 0 Å². The summed E-state index contributed by atoms with van der Waals surface area (Å²) in [5.74, 6) is -0.309. The first-order valence-corrected chi connectivity index (χ1v) is 8.60. The number of aromatic nitrogens is 2. The Bertz CT molecular complexity index is 915. The first kappa shape index (κ1) is 17.9. The van der Waals surface area contributed by atoms with E-state index >= 15 is 0 Å². The number of amides is 1. The zero-order valence-electron chi connectivity index (χ0n) is 15.2. The van der Waals surface area contributed by atoms with Crippen molar-refractivity contribution in [3.05, 3.63) is 82.9 Å². The summed E-state index contributed by atoms with van der Waals surface area (Å²) >= 11 is 0. The summed E-state index contributed by atoms with van der Waals surface area (Å²) in [5, 5.41) is 7.42. The zero-order chi connectivity index (χ0) is 18.7. The molecule has 3 rings (SSSR count). The number of benzene rings is 2. The highest BCUT2D eigenvalue weighted by atomic mass is 19.1. The molecule has 0 aliphatic rings. The minimum atomic E-state index is -0.282. The van der Waals surface area contributed by atoms with Gasteiger partial charge in [0.25, 0.3) is 0 Å². The van der Waals surface area contributed by atoms with E-state index in [1.165, 1.54) is 12.1 Å². The number of carbonyl (C=O) groups excluding carboxylic acids is 1. The Morgan fingerprint density at radius 3 is 2.54 bits per heavy atom. The molecule has 2 aromatic carbocycles. The van der Waals surface area contributed by atoms with Gasteiger partial charge in [0.2, 0.25) is 5.91 Å². The first-order chi connectivity index (χ1) is 12.5. The molecule has 3 aromatic rings. The summed E-state index contributed by atoms with van der Waals surface area (Å²) in [4.78, 5) is 12.4. The molecule has 0 saturated carbocycles. The number of carbonyl (C=O) groups is 1. The fourth-order valence-corrected chi connectivity index (χ4v) is 3.04. The van der Waals surface area contributed by atoms with Crippen LogP contribution in [0.3, 0.4) is 0 Å². The van der Waals surface area contributed by atoms with Gasteiger partial charge in [0.1, 0.15) is 5.82 Å². The Labute approximate surface area is 152 Å². The molecule has 1 N–H and O–H groups in total. The number of halogens is 1. The fraction of sp³-hybridized carbons (Fsp3) is 0.238. The molecule has 0 radical (unpaired) electrons. The minimum Gasteiger partial charge on any atom is -0.349 e. The van der Waals surface area contributed by atoms with Crippen molar-refractivity contribution in [3.8, 4) is 5.69 Å². The molecule has 0 fully saturated rings. The molecule has 134 valence electrons. The van der Waals surface area contributed by atoms with Crippen LogP contribution in [0.4, 0.5) is 4.39 Å². The van der Waals surface area contributed by atoms with E-state index in [1.807, 2.05) is 45.0 Å². The van der Waals surface area contributed by atoms with Gasteiger partial charge in [-0.05, 0) is 56.2 Å². The number of hydrogen-bond donors (Lipinski definition) is 1. The van der Waals surface area contributed by atoms with Crippen molar-refractivity contribution < 1.29 is 9.18 Å². The van der Waals surface area contributed by atoms with Crippen molar-refractivity contribution in [2.75, 3.05) is 0 Å². The van der Waals surface area contributed by atoms with E-state index in [2.05, 4.69) is 10.4 Å². The molecule has 0 saturated heterocycles. The lowest BCUT2D eigenvalue weighted by atomic mass is 10.0. The maximum Gasteiger partial charge on any atom is 0.224 e. The second-order valence-electron chi connectivity index (χ2n) is 6.47. The summed E-state index contributed by atoms with van der Waals surface area (Å²) in [6, 6.07) is 13.9. The van der Waals surface area contributed by atoms with Crippen LogP contribution in [-0.2, 0) is 11.2 Å². The topological polar surface area (TPSA) is 46.9 Å². The molecule has 4 nitrogen and oxygen atoms in total. The second-order valence-corrected chi connectivity index (χ2v) is 6.47. The lowest BCUT2D eigenvalue weighted by Gasteiger charge is -2.15. The van der Waals surface area contributed by atoms with Gasteiger partial charge >= 0.3 is 0 Å². The van der Waals surface area contributed by atoms with E-state index in [0.717, 1.165) is 28.1 Å². The van der Waals surface area contributed by atoms with Gasteiger partial charge in [-0.15, -0.1) is 0 Å². The number of nitrogens with one attached hydrogen (secondary N) is 1. The Balaban J connectivity index is 1.72. The molecule has 1 heterocycles. The second kappa shape index (κ2) is 7.52. The van der Waals surface area contributed by atoms with Crippen molar-refractivity contribution in [1.82, 2.24) is 15.1 Å². The molecule has 0 aliphatic heterocycles. The van der Waals surface area contributed by atoms with Crippen LogP contribution >= 0.6 is 0 Å². The molecule has 5 heteroatoms. The quantitative estimate of drug-likeness (QED) is 0.754. The Hall–Kier alpha value is -2.95. The minimum absolute atomic E-state index is 0.0271. The molecular formula is C21H22FN3O. The van der Waals surface area contributed by atoms with Crippen molar-refractivity contribution >= 4 is 5.91 Å². The highest BCUT2D eigenvalue weighted by molar-refractivity contribution is 5.79. The molecule has 0 aliphatic carbocycles. The zero-order valence-corrected chi connectivity index (χ0v) is 15.2. The molecule has 1 unspecified atom stereocenters. The SMILES string of the molecule is Cc1ccccc1CC(=O)NC(C)c1cnn(-c2ccc(F)cc2)c1C. The normalized spacial score (nSPS) is 12.0. The molecule has 1 atom stereocenters. The largest absolute Gasteiger partial charge is 0.349 e. The van der Waals surface area contributed by atoms with Crippen LogP contribution in [-0.4, -0.2) is 15.7 Å². The van der Waals surface area contributed by atoms with Gasteiger partial charge in [-0.1, -0.05) is 24.3 Å². The van der Waals surface area contributed by atoms with Gasteiger partial charge in [0, 0.05) is 11.3 Å². The highest BCUT2D eigenvalue weighted by Gasteiger charge is 2.17. The van der Waals surface area contributed by atoms with Crippen LogP contribution in [0, 0.1) is 19.7 Å². The van der Waals surface area contributed by atoms with E-state index in [1.54, 1.807) is 23.0 Å². The lowest BCUT2D eigenvalue weighted by Crippen LogP contribution is -2.28. The summed E-state index contributed by atoms with van der Waals surface area (Å²) in [6.45, 7) is 5.88. The predicted molar refractivity (Wildman–Crippen MR) is 99.7 cm³/mol. The molecule has 0 spiro atoms. The molecule has 1 aromatic heterocycles. The van der Waals surface area contributed by atoms with E-state index < -0.39 is 0 Å². The van der Waals surface area contributed by atoms with E-state index in [-0.39, 0.29) is 17.8 Å². The van der Waals surface area contributed by atoms with Crippen molar-refractivity contribution in [2.24, 2.45) is 0 Å². The van der Waals surface area contributed by atoms with Crippen molar-refractivity contribution in [3.63, 3.8) is 0 Å². The van der Waals surface area contributed by atoms with E-state index in [0.29, 0.717) is 6.42 Å². The molecular weight excluding hydrogens is 329 g/mol. The highest BCUT2D eigenvalue weighted by Crippen LogP contribution is 2.20. The Morgan fingerprint density at radius 2 is 1.85 bits per heavy atom. The third-order valence-corrected chi connectivity index (χ3v) is 4.58. The standard InChI is InChI=1S/C21H22FN3O/c1-14-6-4-5-7-17(14)12-21(26)24-15(2)20-13-23-25(16(20)3)19-10-8-18(22)9-11-19/h4-11,13,15H,12H2,1-3H3,(H,24,26). The van der Waals surface area contributed by atoms with Gasteiger partial charge < -0.3 is 5.32 Å². The molecule has 0 bridgehead atoms. The average molecular weight is 351 g/mol. The van der Waals surface area contributed by atoms with Gasteiger partial charge in [-0.3, -0.25) is 4.79 Å². The third kappa shape index (κ3) is 3.82. The predicted octanol–water partition coefficient (Wildman–Crippen LogP) is 4.05. The maximum absolute atomic E-state index is 13.1. The van der Waals surface area contributed by atoms with Gasteiger partial charge in [-0.2, -0.15) is 5.10 Å². The fourth-order valence-electron chi connectivity index (χ4n) is 3.04. The molecule has 1 amide bonds. The summed E-state index contributed by atoms with van der Waals surface area (Å²) in [7, 11) is 0. The Morgan fingerprint density at radius 1 is 1.15 bits per heavy atom. The van der Waals surface area contributed by atoms with Gasteiger partial charge in [0.05, 0.1) is 24.3 Å². The van der Waals surface area contributed by atoms with Crippen LogP contribution in [0.1, 0.15) is 35.3 Å². The van der Waals surface area contributed by atoms with Crippen molar-refractivity contribution in [2.45, 2.75) is 33.2 Å². The smallest absolute Gasteiger partial charge is 0.224 e. The van der Waals surface area contributed by atoms with Crippen LogP contribution in [0.25, 0.3) is 5.69 Å². The van der Waals surface area contributed by atoms with Crippen LogP contribution in [0.5, 0.6) is 0 Å². The number of hydrogen-bond acceptors (Lipinski definition) is 2. The number of aryl methyl sites for hydroxylation is 1. The molecule has 26 heavy (non-hydrogen) atoms. The monoisotopic (exact) mass is 351 g/mol. The summed E-state index contributed by atoms with van der Waals surface area (Å²) in [6.07, 6.45) is 2.10. The van der Waals surface area contributed by atoms with Crippen LogP contribution in [0.15, 0.2) is 54.7 Å². The van der Waals surface area contributed by atoms with Crippen molar-refractivity contribution in [1.29, 1.82) is 0 Å².